The maximum atomic E-state index is 12.0. The molecule has 0 heterocycles. The minimum absolute atomic E-state index is 0.0749. The maximum absolute atomic E-state index is 12.0. The van der Waals surface area contributed by atoms with Gasteiger partial charge in [0, 0.05) is 12.1 Å². The number of amides is 2. The third-order valence-electron chi connectivity index (χ3n) is 3.27. The summed E-state index contributed by atoms with van der Waals surface area (Å²) in [4.78, 5) is 23.4. The summed E-state index contributed by atoms with van der Waals surface area (Å²) in [6.45, 7) is 3.86. The van der Waals surface area contributed by atoms with Crippen LogP contribution in [0.25, 0.3) is 0 Å². The lowest BCUT2D eigenvalue weighted by Crippen LogP contribution is -2.47. The molecule has 0 spiro atoms. The Hall–Kier alpha value is -2.25. The van der Waals surface area contributed by atoms with Crippen molar-refractivity contribution < 1.29 is 27.5 Å². The van der Waals surface area contributed by atoms with Crippen LogP contribution in [-0.4, -0.2) is 37.4 Å². The van der Waals surface area contributed by atoms with Crippen molar-refractivity contribution in [3.8, 4) is 0 Å². The minimum atomic E-state index is -4.58. The van der Waals surface area contributed by atoms with E-state index in [4.69, 9.17) is 0 Å². The molecule has 1 rings (SSSR count). The monoisotopic (exact) mass is 346 g/mol. The summed E-state index contributed by atoms with van der Waals surface area (Å²) in [6.07, 6.45) is -5.75. The SMILES string of the molecule is Cc1ccc(C(=O)NC[C@@H](NC(=O)OCC(F)(F)F)C(C)C)cc1. The van der Waals surface area contributed by atoms with E-state index >= 15 is 0 Å². The van der Waals surface area contributed by atoms with Crippen LogP contribution in [0.2, 0.25) is 0 Å². The summed E-state index contributed by atoms with van der Waals surface area (Å²) < 4.78 is 40.2. The van der Waals surface area contributed by atoms with Crippen molar-refractivity contribution in [2.45, 2.75) is 33.0 Å². The van der Waals surface area contributed by atoms with Gasteiger partial charge in [-0.1, -0.05) is 31.5 Å². The van der Waals surface area contributed by atoms with Gasteiger partial charge < -0.3 is 15.4 Å². The number of aryl methyl sites for hydroxylation is 1. The second-order valence-corrected chi connectivity index (χ2v) is 5.76. The number of carbonyl (C=O) groups is 2. The van der Waals surface area contributed by atoms with E-state index in [0.29, 0.717) is 5.56 Å². The van der Waals surface area contributed by atoms with Gasteiger partial charge in [0.05, 0.1) is 6.04 Å². The standard InChI is InChI=1S/C16H21F3N2O3/c1-10(2)13(21-15(23)24-9-16(17,18)19)8-20-14(22)12-6-4-11(3)5-7-12/h4-7,10,13H,8-9H2,1-3H3,(H,20,22)(H,21,23)/t13-/m1/s1. The molecule has 1 atom stereocenters. The zero-order valence-electron chi connectivity index (χ0n) is 13.7. The molecule has 2 amide bonds. The molecule has 134 valence electrons. The number of alkyl halides is 3. The second-order valence-electron chi connectivity index (χ2n) is 5.76. The summed E-state index contributed by atoms with van der Waals surface area (Å²) >= 11 is 0. The number of rotatable bonds is 6. The van der Waals surface area contributed by atoms with Gasteiger partial charge in [0.15, 0.2) is 6.61 Å². The van der Waals surface area contributed by atoms with Crippen molar-refractivity contribution in [2.24, 2.45) is 5.92 Å². The lowest BCUT2D eigenvalue weighted by molar-refractivity contribution is -0.160. The molecule has 0 fully saturated rings. The number of benzene rings is 1. The maximum Gasteiger partial charge on any atom is 0.422 e. The molecule has 0 aromatic heterocycles. The highest BCUT2D eigenvalue weighted by Crippen LogP contribution is 2.14. The summed E-state index contributed by atoms with van der Waals surface area (Å²) in [5, 5.41) is 4.98. The Kier molecular flexibility index (Phi) is 7.06. The minimum Gasteiger partial charge on any atom is -0.440 e. The van der Waals surface area contributed by atoms with Crippen molar-refractivity contribution in [1.29, 1.82) is 0 Å². The predicted molar refractivity (Wildman–Crippen MR) is 82.7 cm³/mol. The van der Waals surface area contributed by atoms with Gasteiger partial charge in [-0.05, 0) is 25.0 Å². The Bertz CT molecular complexity index is 557. The average Bonchev–Trinajstić information content (AvgIpc) is 2.48. The van der Waals surface area contributed by atoms with E-state index in [2.05, 4.69) is 15.4 Å². The van der Waals surface area contributed by atoms with Crippen LogP contribution < -0.4 is 10.6 Å². The Morgan fingerprint density at radius 1 is 1.17 bits per heavy atom. The third kappa shape index (κ3) is 7.34. The fourth-order valence-electron chi connectivity index (χ4n) is 1.80. The smallest absolute Gasteiger partial charge is 0.422 e. The van der Waals surface area contributed by atoms with Crippen LogP contribution in [0.15, 0.2) is 24.3 Å². The van der Waals surface area contributed by atoms with Crippen molar-refractivity contribution in [1.82, 2.24) is 10.6 Å². The molecule has 0 unspecified atom stereocenters. The molecule has 0 aliphatic rings. The number of halogens is 3. The number of alkyl carbamates (subject to hydrolysis) is 1. The number of hydrogen-bond acceptors (Lipinski definition) is 3. The van der Waals surface area contributed by atoms with Gasteiger partial charge in [0.1, 0.15) is 0 Å². The van der Waals surface area contributed by atoms with Crippen molar-refractivity contribution in [2.75, 3.05) is 13.2 Å². The second kappa shape index (κ2) is 8.56. The highest BCUT2D eigenvalue weighted by Gasteiger charge is 2.30. The topological polar surface area (TPSA) is 67.4 Å². The lowest BCUT2D eigenvalue weighted by atomic mass is 10.0. The molecule has 8 heteroatoms. The molecule has 0 saturated carbocycles. The molecular formula is C16H21F3N2O3. The molecule has 2 N–H and O–H groups in total. The van der Waals surface area contributed by atoms with Gasteiger partial charge in [-0.2, -0.15) is 13.2 Å². The first-order valence-electron chi connectivity index (χ1n) is 7.43. The van der Waals surface area contributed by atoms with Crippen molar-refractivity contribution in [3.05, 3.63) is 35.4 Å². The molecule has 0 saturated heterocycles. The summed E-state index contributed by atoms with van der Waals surface area (Å²) in [6, 6.07) is 6.36. The van der Waals surface area contributed by atoms with E-state index in [1.54, 1.807) is 38.1 Å². The fourth-order valence-corrected chi connectivity index (χ4v) is 1.80. The molecule has 0 radical (unpaired) electrons. The van der Waals surface area contributed by atoms with Crippen LogP contribution in [-0.2, 0) is 4.74 Å². The van der Waals surface area contributed by atoms with Gasteiger partial charge in [-0.25, -0.2) is 4.79 Å². The van der Waals surface area contributed by atoms with E-state index in [1.165, 1.54) is 0 Å². The number of carbonyl (C=O) groups excluding carboxylic acids is 2. The van der Waals surface area contributed by atoms with Gasteiger partial charge in [0.25, 0.3) is 5.91 Å². The zero-order valence-corrected chi connectivity index (χ0v) is 13.7. The predicted octanol–water partition coefficient (Wildman–Crippen LogP) is 3.04. The lowest BCUT2D eigenvalue weighted by Gasteiger charge is -2.22. The fraction of sp³-hybridized carbons (Fsp3) is 0.500. The number of hydrogen-bond donors (Lipinski definition) is 2. The van der Waals surface area contributed by atoms with Gasteiger partial charge >= 0.3 is 12.3 Å². The largest absolute Gasteiger partial charge is 0.440 e. The van der Waals surface area contributed by atoms with Crippen LogP contribution in [0.5, 0.6) is 0 Å². The first-order chi connectivity index (χ1) is 11.1. The Morgan fingerprint density at radius 3 is 2.25 bits per heavy atom. The highest BCUT2D eigenvalue weighted by molar-refractivity contribution is 5.94. The van der Waals surface area contributed by atoms with E-state index in [0.717, 1.165) is 5.56 Å². The molecule has 5 nitrogen and oxygen atoms in total. The van der Waals surface area contributed by atoms with E-state index in [-0.39, 0.29) is 18.4 Å². The molecule has 0 bridgehead atoms. The Morgan fingerprint density at radius 2 is 1.75 bits per heavy atom. The zero-order chi connectivity index (χ0) is 18.3. The van der Waals surface area contributed by atoms with Gasteiger partial charge in [-0.15, -0.1) is 0 Å². The summed E-state index contributed by atoms with van der Waals surface area (Å²) in [5.41, 5.74) is 1.48. The van der Waals surface area contributed by atoms with E-state index < -0.39 is 24.9 Å². The van der Waals surface area contributed by atoms with Gasteiger partial charge in [-0.3, -0.25) is 4.79 Å². The molecule has 1 aromatic carbocycles. The van der Waals surface area contributed by atoms with Crippen LogP contribution in [0.3, 0.4) is 0 Å². The highest BCUT2D eigenvalue weighted by atomic mass is 19.4. The molecule has 24 heavy (non-hydrogen) atoms. The first-order valence-corrected chi connectivity index (χ1v) is 7.43. The normalized spacial score (nSPS) is 12.6. The summed E-state index contributed by atoms with van der Waals surface area (Å²) in [5.74, 6) is -0.437. The molecule has 0 aliphatic heterocycles. The summed E-state index contributed by atoms with van der Waals surface area (Å²) in [7, 11) is 0. The first kappa shape index (κ1) is 19.8. The molecular weight excluding hydrogens is 325 g/mol. The van der Waals surface area contributed by atoms with Crippen molar-refractivity contribution in [3.63, 3.8) is 0 Å². The van der Waals surface area contributed by atoms with Crippen LogP contribution in [0, 0.1) is 12.8 Å². The number of nitrogens with one attached hydrogen (secondary N) is 2. The van der Waals surface area contributed by atoms with E-state index in [9.17, 15) is 22.8 Å². The molecule has 0 aliphatic carbocycles. The van der Waals surface area contributed by atoms with Crippen LogP contribution >= 0.6 is 0 Å². The quantitative estimate of drug-likeness (QED) is 0.832. The van der Waals surface area contributed by atoms with Crippen LogP contribution in [0.4, 0.5) is 18.0 Å². The average molecular weight is 346 g/mol. The Balaban J connectivity index is 2.52. The number of ether oxygens (including phenoxy) is 1. The third-order valence-corrected chi connectivity index (χ3v) is 3.27. The molecule has 1 aromatic rings. The van der Waals surface area contributed by atoms with Crippen molar-refractivity contribution >= 4 is 12.0 Å². The van der Waals surface area contributed by atoms with Gasteiger partial charge in [0.2, 0.25) is 0 Å². The van der Waals surface area contributed by atoms with Crippen LogP contribution in [0.1, 0.15) is 29.8 Å². The Labute approximate surface area is 138 Å². The van der Waals surface area contributed by atoms with E-state index in [1.807, 2.05) is 6.92 Å².